The average Bonchev–Trinajstić information content (AvgIpc) is 3.08. The third-order valence-electron chi connectivity index (χ3n) is 4.68. The number of nitrogens with zero attached hydrogens (tertiary/aromatic N) is 2. The first kappa shape index (κ1) is 26.4. The summed E-state index contributed by atoms with van der Waals surface area (Å²) in [4.78, 5) is 42.9. The van der Waals surface area contributed by atoms with E-state index in [0.29, 0.717) is 28.7 Å². The van der Waals surface area contributed by atoms with Crippen molar-refractivity contribution in [2.75, 3.05) is 18.5 Å². The number of anilines is 1. The van der Waals surface area contributed by atoms with Gasteiger partial charge in [-0.1, -0.05) is 11.8 Å². The molecule has 1 saturated heterocycles. The van der Waals surface area contributed by atoms with Crippen LogP contribution in [0.2, 0.25) is 0 Å². The fourth-order valence-corrected chi connectivity index (χ4v) is 4.44. The first-order valence-electron chi connectivity index (χ1n) is 10.6. The van der Waals surface area contributed by atoms with E-state index in [0.717, 1.165) is 11.8 Å². The lowest BCUT2D eigenvalue weighted by Gasteiger charge is -2.13. The molecule has 3 rings (SSSR count). The first-order chi connectivity index (χ1) is 16.6. The van der Waals surface area contributed by atoms with Crippen LogP contribution in [-0.2, 0) is 14.3 Å². The summed E-state index contributed by atoms with van der Waals surface area (Å²) in [6, 6.07) is 11.7. The fraction of sp³-hybridized carbons (Fsp3) is 0.304. The Morgan fingerprint density at radius 1 is 1.14 bits per heavy atom. The van der Waals surface area contributed by atoms with Gasteiger partial charge in [0.15, 0.2) is 5.17 Å². The number of carbonyl (C=O) groups is 3. The number of nitrogens with one attached hydrogen (secondary N) is 1. The minimum Gasteiger partial charge on any atom is -0.462 e. The summed E-state index contributed by atoms with van der Waals surface area (Å²) in [7, 11) is 0. The van der Waals surface area contributed by atoms with Crippen LogP contribution in [0.5, 0.6) is 5.75 Å². The number of ether oxygens (including phenoxy) is 2. The Morgan fingerprint density at radius 2 is 1.80 bits per heavy atom. The Bertz CT molecular complexity index is 1110. The van der Waals surface area contributed by atoms with Crippen LogP contribution in [0.25, 0.3) is 0 Å². The third-order valence-corrected chi connectivity index (χ3v) is 5.93. The number of amidine groups is 1. The topological polar surface area (TPSA) is 97.3 Å². The number of esters is 1. The van der Waals surface area contributed by atoms with Crippen LogP contribution in [-0.4, -0.2) is 51.8 Å². The Labute approximate surface area is 209 Å². The van der Waals surface area contributed by atoms with E-state index in [-0.39, 0.29) is 30.6 Å². The van der Waals surface area contributed by atoms with E-state index >= 15 is 0 Å². The lowest BCUT2D eigenvalue weighted by atomic mass is 10.2. The summed E-state index contributed by atoms with van der Waals surface area (Å²) in [6.45, 7) is 4.10. The zero-order valence-corrected chi connectivity index (χ0v) is 20.4. The maximum Gasteiger partial charge on any atom is 0.487 e. The summed E-state index contributed by atoms with van der Waals surface area (Å²) < 4.78 is 34.7. The van der Waals surface area contributed by atoms with Crippen molar-refractivity contribution < 1.29 is 32.6 Å². The lowest BCUT2D eigenvalue weighted by Crippen LogP contribution is -2.33. The van der Waals surface area contributed by atoms with Gasteiger partial charge in [0.2, 0.25) is 11.8 Å². The molecule has 35 heavy (non-hydrogen) atoms. The molecular weight excluding hydrogens is 504 g/mol. The second-order valence-corrected chi connectivity index (χ2v) is 8.79. The molecule has 0 bridgehead atoms. The van der Waals surface area contributed by atoms with E-state index < -0.39 is 16.8 Å². The second-order valence-electron chi connectivity index (χ2n) is 7.18. The summed E-state index contributed by atoms with van der Waals surface area (Å²) in [5.41, 5.74) is -2.57. The molecule has 1 aliphatic rings. The monoisotopic (exact) mass is 525 g/mol. The van der Waals surface area contributed by atoms with Gasteiger partial charge in [0.05, 0.1) is 17.9 Å². The second kappa shape index (κ2) is 11.5. The van der Waals surface area contributed by atoms with Gasteiger partial charge in [0, 0.05) is 30.3 Å². The Hall–Kier alpha value is -3.18. The van der Waals surface area contributed by atoms with Crippen LogP contribution in [0, 0.1) is 0 Å². The zero-order valence-electron chi connectivity index (χ0n) is 18.8. The van der Waals surface area contributed by atoms with Gasteiger partial charge in [0.1, 0.15) is 11.0 Å². The molecule has 0 radical (unpaired) electrons. The summed E-state index contributed by atoms with van der Waals surface area (Å²) in [5.74, 6) is -1.23. The Balaban J connectivity index is 1.63. The van der Waals surface area contributed by atoms with Gasteiger partial charge in [-0.05, 0) is 62.4 Å². The number of amides is 2. The SMILES string of the molecule is CCOC(=O)c1ccc(NC(=O)C[C@@H]2SC(=Nc3ccc(OC(F)(F)Cl)cc3)N(CC)C2=O)cc1. The molecule has 186 valence electrons. The summed E-state index contributed by atoms with van der Waals surface area (Å²) in [5, 5.41) is 2.43. The predicted molar refractivity (Wildman–Crippen MR) is 129 cm³/mol. The molecule has 0 aliphatic carbocycles. The van der Waals surface area contributed by atoms with Gasteiger partial charge in [0.25, 0.3) is 0 Å². The van der Waals surface area contributed by atoms with Gasteiger partial charge in [-0.25, -0.2) is 9.79 Å². The molecule has 0 unspecified atom stereocenters. The number of alkyl halides is 3. The highest BCUT2D eigenvalue weighted by Crippen LogP contribution is 2.33. The van der Waals surface area contributed by atoms with Crippen LogP contribution < -0.4 is 10.1 Å². The molecule has 0 saturated carbocycles. The molecular formula is C23H22ClF2N3O5S. The summed E-state index contributed by atoms with van der Waals surface area (Å²) in [6.07, 6.45) is -0.0871. The molecule has 1 N–H and O–H groups in total. The molecule has 1 heterocycles. The van der Waals surface area contributed by atoms with Crippen molar-refractivity contribution in [3.63, 3.8) is 0 Å². The number of hydrogen-bond acceptors (Lipinski definition) is 7. The van der Waals surface area contributed by atoms with Crippen LogP contribution in [0.1, 0.15) is 30.6 Å². The van der Waals surface area contributed by atoms with E-state index in [1.807, 2.05) is 0 Å². The van der Waals surface area contributed by atoms with Crippen molar-refractivity contribution in [3.8, 4) is 5.75 Å². The minimum absolute atomic E-state index is 0.0871. The highest BCUT2D eigenvalue weighted by molar-refractivity contribution is 8.15. The number of hydrogen-bond donors (Lipinski definition) is 1. The number of halogens is 3. The number of aliphatic imine (C=N–C) groups is 1. The molecule has 1 aliphatic heterocycles. The largest absolute Gasteiger partial charge is 0.487 e. The number of thioether (sulfide) groups is 1. The molecule has 2 aromatic rings. The minimum atomic E-state index is -3.82. The van der Waals surface area contributed by atoms with Gasteiger partial charge in [-0.15, -0.1) is 8.78 Å². The van der Waals surface area contributed by atoms with Crippen LogP contribution in [0.3, 0.4) is 0 Å². The quantitative estimate of drug-likeness (QED) is 0.365. The van der Waals surface area contributed by atoms with Gasteiger partial charge >= 0.3 is 11.5 Å². The molecule has 1 atom stereocenters. The van der Waals surface area contributed by atoms with E-state index in [1.54, 1.807) is 26.0 Å². The molecule has 2 aromatic carbocycles. The van der Waals surface area contributed by atoms with Gasteiger partial charge in [-0.3, -0.25) is 14.5 Å². The van der Waals surface area contributed by atoms with E-state index in [2.05, 4.69) is 15.0 Å². The van der Waals surface area contributed by atoms with Crippen molar-refractivity contribution in [2.45, 2.75) is 31.1 Å². The number of carbonyl (C=O) groups excluding carboxylic acids is 3. The summed E-state index contributed by atoms with van der Waals surface area (Å²) >= 11 is 5.90. The fourth-order valence-electron chi connectivity index (χ4n) is 3.13. The maximum absolute atomic E-state index is 12.8. The Morgan fingerprint density at radius 3 is 2.37 bits per heavy atom. The van der Waals surface area contributed by atoms with E-state index in [9.17, 15) is 23.2 Å². The number of rotatable bonds is 9. The highest BCUT2D eigenvalue weighted by atomic mass is 35.5. The number of benzene rings is 2. The zero-order chi connectivity index (χ0) is 25.6. The molecule has 2 amide bonds. The van der Waals surface area contributed by atoms with Crippen molar-refractivity contribution in [1.29, 1.82) is 0 Å². The van der Waals surface area contributed by atoms with Crippen molar-refractivity contribution in [1.82, 2.24) is 4.90 Å². The van der Waals surface area contributed by atoms with Crippen LogP contribution in [0.15, 0.2) is 53.5 Å². The van der Waals surface area contributed by atoms with E-state index in [4.69, 9.17) is 16.3 Å². The molecule has 12 heteroatoms. The van der Waals surface area contributed by atoms with Crippen molar-refractivity contribution in [2.24, 2.45) is 4.99 Å². The standard InChI is InChI=1S/C23H22ClF2N3O5S/c1-3-29-20(31)18(13-19(30)27-15-7-5-14(6-8-15)21(32)33-4-2)35-22(29)28-16-9-11-17(12-10-16)34-23(24,25)26/h5-12,18H,3-4,13H2,1-2H3,(H,27,30)/t18-/m0/s1. The average molecular weight is 526 g/mol. The van der Waals surface area contributed by atoms with E-state index in [1.165, 1.54) is 41.3 Å². The van der Waals surface area contributed by atoms with Crippen LogP contribution >= 0.6 is 23.4 Å². The smallest absolute Gasteiger partial charge is 0.462 e. The maximum atomic E-state index is 12.8. The molecule has 1 fully saturated rings. The normalized spacial score (nSPS) is 16.9. The third kappa shape index (κ3) is 7.40. The molecule has 0 aromatic heterocycles. The predicted octanol–water partition coefficient (Wildman–Crippen LogP) is 5.01. The molecule has 8 nitrogen and oxygen atoms in total. The lowest BCUT2D eigenvalue weighted by molar-refractivity contribution is -0.128. The molecule has 0 spiro atoms. The van der Waals surface area contributed by atoms with Gasteiger partial charge in [-0.2, -0.15) is 0 Å². The van der Waals surface area contributed by atoms with Crippen molar-refractivity contribution in [3.05, 3.63) is 54.1 Å². The highest BCUT2D eigenvalue weighted by Gasteiger charge is 2.38. The Kier molecular flexibility index (Phi) is 8.68. The van der Waals surface area contributed by atoms with Gasteiger partial charge < -0.3 is 14.8 Å². The van der Waals surface area contributed by atoms with Crippen molar-refractivity contribution >= 4 is 57.7 Å². The van der Waals surface area contributed by atoms with Crippen LogP contribution in [0.4, 0.5) is 20.2 Å². The first-order valence-corrected chi connectivity index (χ1v) is 11.8.